The molecule has 0 aliphatic rings. The summed E-state index contributed by atoms with van der Waals surface area (Å²) in [4.78, 5) is 7.68. The normalized spacial score (nSPS) is 10.9. The van der Waals surface area contributed by atoms with E-state index < -0.39 is 11.6 Å². The van der Waals surface area contributed by atoms with E-state index in [0.29, 0.717) is 5.69 Å². The third kappa shape index (κ3) is 2.48. The van der Waals surface area contributed by atoms with E-state index in [4.69, 9.17) is 0 Å². The Hall–Kier alpha value is -2.10. The van der Waals surface area contributed by atoms with Crippen LogP contribution in [0.4, 0.5) is 8.78 Å². The highest BCUT2D eigenvalue weighted by Crippen LogP contribution is 2.12. The molecule has 0 atom stereocenters. The summed E-state index contributed by atoms with van der Waals surface area (Å²) in [5.41, 5.74) is 0.831. The Balaban J connectivity index is 2.27. The molecule has 16 heavy (non-hydrogen) atoms. The zero-order chi connectivity index (χ0) is 11.4. The SMILES string of the molecule is Fc1ccc(F)c(/C=C/c2ccncn2)c1. The molecular formula is C12H8F2N2. The zero-order valence-electron chi connectivity index (χ0n) is 8.27. The van der Waals surface area contributed by atoms with Gasteiger partial charge < -0.3 is 0 Å². The standard InChI is InChI=1S/C12H8F2N2/c13-10-2-4-12(14)9(7-10)1-3-11-5-6-15-8-16-11/h1-8H/b3-1+. The minimum absolute atomic E-state index is 0.193. The number of aromatic nitrogens is 2. The predicted octanol–water partition coefficient (Wildman–Crippen LogP) is 2.93. The van der Waals surface area contributed by atoms with Crippen LogP contribution in [0.25, 0.3) is 12.2 Å². The number of nitrogens with zero attached hydrogens (tertiary/aromatic N) is 2. The van der Waals surface area contributed by atoms with Crippen molar-refractivity contribution in [3.05, 3.63) is 59.7 Å². The van der Waals surface area contributed by atoms with Gasteiger partial charge in [0.2, 0.25) is 0 Å². The van der Waals surface area contributed by atoms with Crippen LogP contribution in [0, 0.1) is 11.6 Å². The van der Waals surface area contributed by atoms with Crippen LogP contribution in [0.15, 0.2) is 36.8 Å². The van der Waals surface area contributed by atoms with Gasteiger partial charge in [0.15, 0.2) is 0 Å². The van der Waals surface area contributed by atoms with Crippen LogP contribution in [0.3, 0.4) is 0 Å². The highest BCUT2D eigenvalue weighted by atomic mass is 19.1. The minimum atomic E-state index is -0.469. The fraction of sp³-hybridized carbons (Fsp3) is 0. The maximum Gasteiger partial charge on any atom is 0.130 e. The Labute approximate surface area is 91.3 Å². The molecule has 0 fully saturated rings. The predicted molar refractivity (Wildman–Crippen MR) is 57.3 cm³/mol. The molecule has 2 nitrogen and oxygen atoms in total. The molecule has 80 valence electrons. The fourth-order valence-electron chi connectivity index (χ4n) is 1.22. The Morgan fingerprint density at radius 1 is 1.06 bits per heavy atom. The lowest BCUT2D eigenvalue weighted by Gasteiger charge is -1.96. The lowest BCUT2D eigenvalue weighted by Crippen LogP contribution is -1.84. The first-order valence-electron chi connectivity index (χ1n) is 4.65. The summed E-state index contributed by atoms with van der Waals surface area (Å²) in [6.45, 7) is 0. The van der Waals surface area contributed by atoms with Gasteiger partial charge in [-0.2, -0.15) is 0 Å². The van der Waals surface area contributed by atoms with Gasteiger partial charge in [0.05, 0.1) is 5.69 Å². The third-order valence-corrected chi connectivity index (χ3v) is 2.00. The lowest BCUT2D eigenvalue weighted by molar-refractivity contribution is 0.598. The van der Waals surface area contributed by atoms with Crippen molar-refractivity contribution in [3.63, 3.8) is 0 Å². The van der Waals surface area contributed by atoms with E-state index in [9.17, 15) is 8.78 Å². The van der Waals surface area contributed by atoms with E-state index in [1.165, 1.54) is 12.4 Å². The maximum atomic E-state index is 13.2. The van der Waals surface area contributed by atoms with Crippen molar-refractivity contribution in [1.29, 1.82) is 0 Å². The fourth-order valence-corrected chi connectivity index (χ4v) is 1.22. The second-order valence-corrected chi connectivity index (χ2v) is 3.13. The summed E-state index contributed by atoms with van der Waals surface area (Å²) in [5.74, 6) is -0.935. The molecule has 0 aliphatic carbocycles. The summed E-state index contributed by atoms with van der Waals surface area (Å²) in [6.07, 6.45) is 6.04. The van der Waals surface area contributed by atoms with Gasteiger partial charge in [0.1, 0.15) is 18.0 Å². The van der Waals surface area contributed by atoms with E-state index >= 15 is 0 Å². The van der Waals surface area contributed by atoms with Crippen LogP contribution < -0.4 is 0 Å². The molecule has 2 rings (SSSR count). The number of hydrogen-bond acceptors (Lipinski definition) is 2. The van der Waals surface area contributed by atoms with Crippen LogP contribution in [-0.2, 0) is 0 Å². The van der Waals surface area contributed by atoms with E-state index in [0.717, 1.165) is 18.2 Å². The molecule has 0 radical (unpaired) electrons. The van der Waals surface area contributed by atoms with E-state index in [1.54, 1.807) is 18.3 Å². The number of halogens is 2. The van der Waals surface area contributed by atoms with Crippen molar-refractivity contribution in [2.75, 3.05) is 0 Å². The van der Waals surface area contributed by atoms with Crippen molar-refractivity contribution in [1.82, 2.24) is 9.97 Å². The van der Waals surface area contributed by atoms with Gasteiger partial charge in [-0.25, -0.2) is 18.7 Å². The van der Waals surface area contributed by atoms with Gasteiger partial charge in [0.25, 0.3) is 0 Å². The van der Waals surface area contributed by atoms with Gasteiger partial charge in [-0.3, -0.25) is 0 Å². The van der Waals surface area contributed by atoms with Crippen LogP contribution in [0.5, 0.6) is 0 Å². The quantitative estimate of drug-likeness (QED) is 0.774. The van der Waals surface area contributed by atoms with Crippen molar-refractivity contribution >= 4 is 12.2 Å². The van der Waals surface area contributed by atoms with Crippen LogP contribution in [-0.4, -0.2) is 9.97 Å². The summed E-state index contributed by atoms with van der Waals surface area (Å²) in [5, 5.41) is 0. The van der Waals surface area contributed by atoms with Crippen LogP contribution >= 0.6 is 0 Å². The second kappa shape index (κ2) is 4.61. The molecule has 0 spiro atoms. The highest BCUT2D eigenvalue weighted by Gasteiger charge is 1.99. The van der Waals surface area contributed by atoms with Crippen LogP contribution in [0.1, 0.15) is 11.3 Å². The van der Waals surface area contributed by atoms with Gasteiger partial charge in [-0.15, -0.1) is 0 Å². The average Bonchev–Trinajstić information content (AvgIpc) is 2.32. The Kier molecular flexibility index (Phi) is 3.00. The molecule has 2 aromatic rings. The number of benzene rings is 1. The topological polar surface area (TPSA) is 25.8 Å². The first-order valence-corrected chi connectivity index (χ1v) is 4.65. The molecule has 0 amide bonds. The van der Waals surface area contributed by atoms with E-state index in [1.807, 2.05) is 0 Å². The molecule has 0 bridgehead atoms. The number of hydrogen-bond donors (Lipinski definition) is 0. The average molecular weight is 218 g/mol. The van der Waals surface area contributed by atoms with Gasteiger partial charge >= 0.3 is 0 Å². The Bertz CT molecular complexity index is 510. The summed E-state index contributed by atoms with van der Waals surface area (Å²) < 4.78 is 26.1. The molecule has 1 aromatic carbocycles. The zero-order valence-corrected chi connectivity index (χ0v) is 8.27. The molecule has 0 saturated heterocycles. The first kappa shape index (κ1) is 10.4. The lowest BCUT2D eigenvalue weighted by atomic mass is 10.2. The van der Waals surface area contributed by atoms with Crippen molar-refractivity contribution in [3.8, 4) is 0 Å². The molecule has 1 heterocycles. The third-order valence-electron chi connectivity index (χ3n) is 2.00. The Morgan fingerprint density at radius 2 is 1.94 bits per heavy atom. The summed E-state index contributed by atoms with van der Waals surface area (Å²) in [7, 11) is 0. The van der Waals surface area contributed by atoms with Crippen LogP contribution in [0.2, 0.25) is 0 Å². The van der Waals surface area contributed by atoms with Gasteiger partial charge in [0, 0.05) is 11.8 Å². The molecule has 0 N–H and O–H groups in total. The first-order chi connectivity index (χ1) is 7.75. The molecule has 0 saturated carbocycles. The molecule has 4 heteroatoms. The molecule has 0 aliphatic heterocycles. The molecule has 0 unspecified atom stereocenters. The van der Waals surface area contributed by atoms with Gasteiger partial charge in [-0.1, -0.05) is 0 Å². The summed E-state index contributed by atoms with van der Waals surface area (Å²) >= 11 is 0. The maximum absolute atomic E-state index is 13.2. The van der Waals surface area contributed by atoms with E-state index in [-0.39, 0.29) is 5.56 Å². The summed E-state index contributed by atoms with van der Waals surface area (Å²) in [6, 6.07) is 4.98. The van der Waals surface area contributed by atoms with Gasteiger partial charge in [-0.05, 0) is 36.4 Å². The minimum Gasteiger partial charge on any atom is -0.245 e. The second-order valence-electron chi connectivity index (χ2n) is 3.13. The smallest absolute Gasteiger partial charge is 0.130 e. The van der Waals surface area contributed by atoms with Crippen molar-refractivity contribution in [2.45, 2.75) is 0 Å². The molecular weight excluding hydrogens is 210 g/mol. The number of rotatable bonds is 2. The monoisotopic (exact) mass is 218 g/mol. The Morgan fingerprint density at radius 3 is 2.69 bits per heavy atom. The highest BCUT2D eigenvalue weighted by molar-refractivity contribution is 5.67. The molecule has 1 aromatic heterocycles. The van der Waals surface area contributed by atoms with Crippen molar-refractivity contribution < 1.29 is 8.78 Å². The van der Waals surface area contributed by atoms with Crippen molar-refractivity contribution in [2.24, 2.45) is 0 Å². The largest absolute Gasteiger partial charge is 0.245 e. The van der Waals surface area contributed by atoms with E-state index in [2.05, 4.69) is 9.97 Å².